The Kier molecular flexibility index (Phi) is 13.7. The van der Waals surface area contributed by atoms with Gasteiger partial charge in [-0.2, -0.15) is 0 Å². The zero-order valence-corrected chi connectivity index (χ0v) is 22.6. The lowest BCUT2D eigenvalue weighted by Gasteiger charge is -2.44. The fraction of sp³-hybridized carbons (Fsp3) is 0.750. The van der Waals surface area contributed by atoms with Gasteiger partial charge in [0.05, 0.1) is 19.1 Å². The summed E-state index contributed by atoms with van der Waals surface area (Å²) >= 11 is 0. The van der Waals surface area contributed by atoms with Crippen LogP contribution in [-0.4, -0.2) is 91.9 Å². The first kappa shape index (κ1) is 32.8. The van der Waals surface area contributed by atoms with Crippen LogP contribution in [-0.2, 0) is 66.7 Å². The van der Waals surface area contributed by atoms with Crippen molar-refractivity contribution >= 4 is 35.8 Å². The van der Waals surface area contributed by atoms with Crippen LogP contribution in [0.4, 0.5) is 0 Å². The van der Waals surface area contributed by atoms with E-state index in [9.17, 15) is 28.8 Å². The molecule has 14 nitrogen and oxygen atoms in total. The molecule has 0 saturated carbocycles. The van der Waals surface area contributed by atoms with Crippen molar-refractivity contribution in [2.45, 2.75) is 104 Å². The van der Waals surface area contributed by atoms with Gasteiger partial charge >= 0.3 is 35.8 Å². The third-order valence-corrected chi connectivity index (χ3v) is 4.94. The molecule has 1 heterocycles. The van der Waals surface area contributed by atoms with Crippen molar-refractivity contribution in [3.05, 3.63) is 0 Å². The first-order valence-electron chi connectivity index (χ1n) is 12.0. The number of esters is 6. The number of carbonyl (C=O) groups is 6. The Balaban J connectivity index is 3.44. The third kappa shape index (κ3) is 11.9. The van der Waals surface area contributed by atoms with E-state index in [4.69, 9.17) is 37.9 Å². The average molecular weight is 549 g/mol. The van der Waals surface area contributed by atoms with Crippen LogP contribution in [0.15, 0.2) is 0 Å². The van der Waals surface area contributed by atoms with Crippen LogP contribution in [0.3, 0.4) is 0 Å². The standard InChI is InChI=1S/C24H36O14/c1-8-31-20(30)10-18(9-12(2)33-14(4)26)37-24-23(36-17(7)29)22(35-16(6)28)21(34-15(5)27)19(38-24)11-32-13(3)25/h12,18-19,21-24H,8-11H2,1-7H3. The molecule has 7 atom stereocenters. The van der Waals surface area contributed by atoms with E-state index in [1.165, 1.54) is 6.92 Å². The van der Waals surface area contributed by atoms with E-state index in [1.54, 1.807) is 13.8 Å². The molecular weight excluding hydrogens is 512 g/mol. The second kappa shape index (κ2) is 15.9. The molecule has 0 aliphatic carbocycles. The highest BCUT2D eigenvalue weighted by molar-refractivity contribution is 5.70. The number of hydrogen-bond acceptors (Lipinski definition) is 14. The van der Waals surface area contributed by atoms with Crippen LogP contribution in [0.25, 0.3) is 0 Å². The SMILES string of the molecule is CCOC(=O)CC(CC(C)OC(C)=O)OC1OC(COC(C)=O)C(OC(C)=O)C(OC(C)=O)C1OC(C)=O. The topological polar surface area (TPSA) is 176 Å². The molecule has 0 radical (unpaired) electrons. The molecule has 0 bridgehead atoms. The molecule has 1 rings (SSSR count). The minimum Gasteiger partial charge on any atom is -0.466 e. The van der Waals surface area contributed by atoms with Crippen molar-refractivity contribution in [1.29, 1.82) is 0 Å². The van der Waals surface area contributed by atoms with Crippen LogP contribution >= 0.6 is 0 Å². The summed E-state index contributed by atoms with van der Waals surface area (Å²) in [4.78, 5) is 70.9. The van der Waals surface area contributed by atoms with Gasteiger partial charge in [0, 0.05) is 41.0 Å². The molecule has 1 aliphatic heterocycles. The van der Waals surface area contributed by atoms with E-state index < -0.39 is 85.3 Å². The first-order valence-corrected chi connectivity index (χ1v) is 12.0. The zero-order chi connectivity index (χ0) is 29.0. The molecular formula is C24H36O14. The van der Waals surface area contributed by atoms with Gasteiger partial charge in [0.15, 0.2) is 24.6 Å². The second-order valence-corrected chi connectivity index (χ2v) is 8.49. The molecule has 14 heteroatoms. The third-order valence-electron chi connectivity index (χ3n) is 4.94. The summed E-state index contributed by atoms with van der Waals surface area (Å²) in [5, 5.41) is 0. The number of hydrogen-bond donors (Lipinski definition) is 0. The first-order chi connectivity index (χ1) is 17.7. The summed E-state index contributed by atoms with van der Waals surface area (Å²) in [6.45, 7) is 8.51. The number of ether oxygens (including phenoxy) is 8. The van der Waals surface area contributed by atoms with Crippen molar-refractivity contribution in [2.75, 3.05) is 13.2 Å². The summed E-state index contributed by atoms with van der Waals surface area (Å²) in [7, 11) is 0. The molecule has 38 heavy (non-hydrogen) atoms. The lowest BCUT2D eigenvalue weighted by Crippen LogP contribution is -2.63. The molecule has 0 N–H and O–H groups in total. The van der Waals surface area contributed by atoms with Gasteiger partial charge in [-0.15, -0.1) is 0 Å². The van der Waals surface area contributed by atoms with Gasteiger partial charge < -0.3 is 37.9 Å². The van der Waals surface area contributed by atoms with Crippen LogP contribution < -0.4 is 0 Å². The fourth-order valence-electron chi connectivity index (χ4n) is 3.78. The van der Waals surface area contributed by atoms with Crippen molar-refractivity contribution in [3.8, 4) is 0 Å². The molecule has 0 amide bonds. The van der Waals surface area contributed by atoms with E-state index in [-0.39, 0.29) is 19.4 Å². The predicted molar refractivity (Wildman–Crippen MR) is 124 cm³/mol. The highest BCUT2D eigenvalue weighted by atomic mass is 16.7. The molecule has 1 saturated heterocycles. The summed E-state index contributed by atoms with van der Waals surface area (Å²) in [5.41, 5.74) is 0. The monoisotopic (exact) mass is 548 g/mol. The maximum Gasteiger partial charge on any atom is 0.308 e. The lowest BCUT2D eigenvalue weighted by atomic mass is 9.97. The molecule has 216 valence electrons. The van der Waals surface area contributed by atoms with Crippen molar-refractivity contribution in [2.24, 2.45) is 0 Å². The van der Waals surface area contributed by atoms with E-state index in [0.29, 0.717) is 0 Å². The van der Waals surface area contributed by atoms with Crippen molar-refractivity contribution in [1.82, 2.24) is 0 Å². The largest absolute Gasteiger partial charge is 0.466 e. The minimum absolute atomic E-state index is 0.00522. The zero-order valence-electron chi connectivity index (χ0n) is 22.6. The number of rotatable bonds is 13. The van der Waals surface area contributed by atoms with E-state index in [0.717, 1.165) is 27.7 Å². The average Bonchev–Trinajstić information content (AvgIpc) is 2.75. The lowest BCUT2D eigenvalue weighted by molar-refractivity contribution is -0.318. The number of carbonyl (C=O) groups excluding carboxylic acids is 6. The molecule has 1 fully saturated rings. The van der Waals surface area contributed by atoms with Crippen LogP contribution in [0.5, 0.6) is 0 Å². The summed E-state index contributed by atoms with van der Waals surface area (Å²) < 4.78 is 43.1. The normalized spacial score (nSPS) is 24.2. The Morgan fingerprint density at radius 2 is 1.29 bits per heavy atom. The highest BCUT2D eigenvalue weighted by Gasteiger charge is 2.53. The van der Waals surface area contributed by atoms with Gasteiger partial charge in [-0.3, -0.25) is 28.8 Å². The van der Waals surface area contributed by atoms with Gasteiger partial charge in [0.25, 0.3) is 0 Å². The summed E-state index contributed by atoms with van der Waals surface area (Å²) in [5.74, 6) is -4.24. The van der Waals surface area contributed by atoms with Gasteiger partial charge in [0.2, 0.25) is 0 Å². The Morgan fingerprint density at radius 1 is 0.737 bits per heavy atom. The van der Waals surface area contributed by atoms with Gasteiger partial charge in [-0.1, -0.05) is 0 Å². The van der Waals surface area contributed by atoms with E-state index >= 15 is 0 Å². The maximum absolute atomic E-state index is 12.3. The van der Waals surface area contributed by atoms with E-state index in [2.05, 4.69) is 0 Å². The fourth-order valence-corrected chi connectivity index (χ4v) is 3.78. The van der Waals surface area contributed by atoms with Crippen molar-refractivity contribution < 1.29 is 66.7 Å². The Hall–Kier alpha value is -3.26. The highest BCUT2D eigenvalue weighted by Crippen LogP contribution is 2.31. The Morgan fingerprint density at radius 3 is 1.79 bits per heavy atom. The van der Waals surface area contributed by atoms with E-state index in [1.807, 2.05) is 0 Å². The maximum atomic E-state index is 12.3. The minimum atomic E-state index is -1.50. The molecule has 0 spiro atoms. The summed E-state index contributed by atoms with van der Waals surface area (Å²) in [6, 6.07) is 0. The smallest absolute Gasteiger partial charge is 0.308 e. The molecule has 1 aliphatic rings. The van der Waals surface area contributed by atoms with Crippen LogP contribution in [0.1, 0.15) is 61.3 Å². The predicted octanol–water partition coefficient (Wildman–Crippen LogP) is 0.750. The summed E-state index contributed by atoms with van der Waals surface area (Å²) in [6.07, 6.45) is -8.98. The molecule has 0 aromatic carbocycles. The second-order valence-electron chi connectivity index (χ2n) is 8.49. The van der Waals surface area contributed by atoms with Gasteiger partial charge in [-0.05, 0) is 13.8 Å². The van der Waals surface area contributed by atoms with Gasteiger partial charge in [-0.25, -0.2) is 0 Å². The van der Waals surface area contributed by atoms with Crippen LogP contribution in [0, 0.1) is 0 Å². The Bertz CT molecular complexity index is 855. The van der Waals surface area contributed by atoms with Crippen molar-refractivity contribution in [3.63, 3.8) is 0 Å². The Labute approximate surface area is 220 Å². The van der Waals surface area contributed by atoms with Gasteiger partial charge in [0.1, 0.15) is 18.8 Å². The quantitative estimate of drug-likeness (QED) is 0.233. The molecule has 0 aromatic rings. The van der Waals surface area contributed by atoms with Crippen LogP contribution in [0.2, 0.25) is 0 Å². The molecule has 7 unspecified atom stereocenters. The molecule has 0 aromatic heterocycles.